The first kappa shape index (κ1) is 18.7. The zero-order valence-electron chi connectivity index (χ0n) is 16.1. The first-order valence-electron chi connectivity index (χ1n) is 9.41. The van der Waals surface area contributed by atoms with Crippen LogP contribution in [0, 0.1) is 6.92 Å². The lowest BCUT2D eigenvalue weighted by Gasteiger charge is -2.29. The number of para-hydroxylation sites is 1. The molecule has 6 heteroatoms. The molecule has 0 radical (unpaired) electrons. The second-order valence-corrected chi connectivity index (χ2v) is 7.29. The number of aromatic nitrogens is 2. The smallest absolute Gasteiger partial charge is 0.170 e. The van der Waals surface area contributed by atoms with Crippen LogP contribution in [0.3, 0.4) is 0 Å². The van der Waals surface area contributed by atoms with Gasteiger partial charge in [-0.05, 0) is 55.0 Å². The highest BCUT2D eigenvalue weighted by molar-refractivity contribution is 7.80. The van der Waals surface area contributed by atoms with Gasteiger partial charge in [-0.3, -0.25) is 4.98 Å². The van der Waals surface area contributed by atoms with Gasteiger partial charge in [0.05, 0.1) is 24.4 Å². The zero-order chi connectivity index (χ0) is 19.5. The van der Waals surface area contributed by atoms with Gasteiger partial charge in [0.15, 0.2) is 5.11 Å². The van der Waals surface area contributed by atoms with E-state index in [1.54, 1.807) is 7.11 Å². The number of hydrogen-bond donors (Lipinski definition) is 1. The van der Waals surface area contributed by atoms with E-state index in [1.165, 1.54) is 16.9 Å². The van der Waals surface area contributed by atoms with Crippen molar-refractivity contribution in [1.29, 1.82) is 0 Å². The van der Waals surface area contributed by atoms with Crippen LogP contribution in [-0.2, 0) is 4.74 Å². The molecule has 2 aromatic heterocycles. The molecule has 4 rings (SSSR count). The van der Waals surface area contributed by atoms with Crippen molar-refractivity contribution in [2.75, 3.05) is 20.3 Å². The van der Waals surface area contributed by atoms with Crippen molar-refractivity contribution in [3.05, 3.63) is 83.9 Å². The predicted molar refractivity (Wildman–Crippen MR) is 115 cm³/mol. The van der Waals surface area contributed by atoms with Crippen molar-refractivity contribution < 1.29 is 4.74 Å². The lowest BCUT2D eigenvalue weighted by molar-refractivity contribution is 0.163. The largest absolute Gasteiger partial charge is 0.383 e. The highest BCUT2D eigenvalue weighted by Crippen LogP contribution is 2.39. The van der Waals surface area contributed by atoms with E-state index < -0.39 is 0 Å². The fraction of sp³-hybridized carbons (Fsp3) is 0.273. The van der Waals surface area contributed by atoms with Crippen LogP contribution < -0.4 is 5.32 Å². The van der Waals surface area contributed by atoms with Gasteiger partial charge in [-0.25, -0.2) is 0 Å². The third-order valence-corrected chi connectivity index (χ3v) is 5.54. The van der Waals surface area contributed by atoms with Gasteiger partial charge in [0, 0.05) is 37.4 Å². The van der Waals surface area contributed by atoms with Crippen LogP contribution in [0.15, 0.2) is 67.0 Å². The Bertz CT molecular complexity index is 956. The van der Waals surface area contributed by atoms with Crippen molar-refractivity contribution in [2.45, 2.75) is 19.0 Å². The summed E-state index contributed by atoms with van der Waals surface area (Å²) in [6, 6.07) is 18.7. The van der Waals surface area contributed by atoms with Gasteiger partial charge in [0.1, 0.15) is 0 Å². The monoisotopic (exact) mass is 392 g/mol. The molecule has 3 aromatic rings. The number of nitrogens with one attached hydrogen (secondary N) is 1. The molecule has 5 nitrogen and oxygen atoms in total. The molecule has 0 unspecified atom stereocenters. The quantitative estimate of drug-likeness (QED) is 0.647. The number of hydrogen-bond acceptors (Lipinski definition) is 3. The summed E-state index contributed by atoms with van der Waals surface area (Å²) in [5, 5.41) is 4.22. The van der Waals surface area contributed by atoms with Crippen LogP contribution >= 0.6 is 12.2 Å². The summed E-state index contributed by atoms with van der Waals surface area (Å²) >= 11 is 5.69. The Morgan fingerprint density at radius 1 is 1.11 bits per heavy atom. The zero-order valence-corrected chi connectivity index (χ0v) is 16.9. The Kier molecular flexibility index (Phi) is 5.41. The van der Waals surface area contributed by atoms with E-state index in [2.05, 4.69) is 69.3 Å². The van der Waals surface area contributed by atoms with Gasteiger partial charge in [0.2, 0.25) is 0 Å². The van der Waals surface area contributed by atoms with Crippen LogP contribution in [0.4, 0.5) is 0 Å². The van der Waals surface area contributed by atoms with Gasteiger partial charge in [0.25, 0.3) is 0 Å². The van der Waals surface area contributed by atoms with E-state index in [4.69, 9.17) is 17.0 Å². The maximum absolute atomic E-state index is 5.69. The molecule has 0 bridgehead atoms. The first-order valence-corrected chi connectivity index (χ1v) is 9.82. The van der Waals surface area contributed by atoms with Gasteiger partial charge >= 0.3 is 0 Å². The molecule has 144 valence electrons. The SMILES string of the molecule is COCCN1C(=S)N[C@H](c2ccccn2)[C@@H]1c1cccn1-c1ccccc1C. The van der Waals surface area contributed by atoms with Gasteiger partial charge < -0.3 is 19.5 Å². The van der Waals surface area contributed by atoms with E-state index in [1.807, 2.05) is 24.4 Å². The minimum atomic E-state index is -0.0248. The highest BCUT2D eigenvalue weighted by Gasteiger charge is 2.41. The van der Waals surface area contributed by atoms with E-state index in [0.717, 1.165) is 17.4 Å². The molecule has 0 aliphatic carbocycles. The molecular formula is C22H24N4OS. The topological polar surface area (TPSA) is 42.3 Å². The summed E-state index contributed by atoms with van der Waals surface area (Å²) in [5.41, 5.74) is 4.55. The highest BCUT2D eigenvalue weighted by atomic mass is 32.1. The molecule has 28 heavy (non-hydrogen) atoms. The van der Waals surface area contributed by atoms with E-state index >= 15 is 0 Å². The molecule has 1 aliphatic heterocycles. The second kappa shape index (κ2) is 8.12. The average molecular weight is 393 g/mol. The first-order chi connectivity index (χ1) is 13.7. The number of rotatable bonds is 6. The normalized spacial score (nSPS) is 19.1. The van der Waals surface area contributed by atoms with E-state index in [-0.39, 0.29) is 12.1 Å². The number of pyridine rings is 1. The van der Waals surface area contributed by atoms with Crippen molar-refractivity contribution in [3.63, 3.8) is 0 Å². The number of thiocarbonyl (C=S) groups is 1. The number of aryl methyl sites for hydroxylation is 1. The standard InChI is InChI=1S/C22H24N4OS/c1-16-8-3-4-10-18(16)25-13-7-11-19(25)21-20(17-9-5-6-12-23-17)24-22(28)26(21)14-15-27-2/h3-13,20-21H,14-15H2,1-2H3,(H,24,28)/t20-,21+/m1/s1. The Balaban J connectivity index is 1.81. The Labute approximate surface area is 171 Å². The Morgan fingerprint density at radius 2 is 1.93 bits per heavy atom. The average Bonchev–Trinajstić information content (AvgIpc) is 3.31. The summed E-state index contributed by atoms with van der Waals surface area (Å²) in [5.74, 6) is 0. The van der Waals surface area contributed by atoms with E-state index in [0.29, 0.717) is 6.61 Å². The summed E-state index contributed by atoms with van der Waals surface area (Å²) in [6.45, 7) is 3.46. The van der Waals surface area contributed by atoms with Crippen molar-refractivity contribution >= 4 is 17.3 Å². The number of ether oxygens (including phenoxy) is 1. The van der Waals surface area contributed by atoms with Gasteiger partial charge in [-0.1, -0.05) is 24.3 Å². The van der Waals surface area contributed by atoms with Crippen LogP contribution in [-0.4, -0.2) is 39.8 Å². The molecule has 0 saturated carbocycles. The summed E-state index contributed by atoms with van der Waals surface area (Å²) < 4.78 is 7.60. The minimum absolute atomic E-state index is 0.0205. The second-order valence-electron chi connectivity index (χ2n) is 6.90. The maximum atomic E-state index is 5.69. The molecule has 1 saturated heterocycles. The van der Waals surface area contributed by atoms with Gasteiger partial charge in [-0.15, -0.1) is 0 Å². The van der Waals surface area contributed by atoms with Crippen molar-refractivity contribution in [3.8, 4) is 5.69 Å². The molecule has 3 heterocycles. The lowest BCUT2D eigenvalue weighted by Crippen LogP contribution is -2.33. The van der Waals surface area contributed by atoms with E-state index in [9.17, 15) is 0 Å². The molecule has 2 atom stereocenters. The van der Waals surface area contributed by atoms with Crippen molar-refractivity contribution in [2.24, 2.45) is 0 Å². The summed E-state index contributed by atoms with van der Waals surface area (Å²) in [4.78, 5) is 6.81. The molecule has 1 N–H and O–H groups in total. The van der Waals surface area contributed by atoms with Crippen LogP contribution in [0.2, 0.25) is 0 Å². The molecular weight excluding hydrogens is 368 g/mol. The molecule has 1 aliphatic rings. The third kappa shape index (κ3) is 3.41. The number of nitrogens with zero attached hydrogens (tertiary/aromatic N) is 3. The van der Waals surface area contributed by atoms with Crippen LogP contribution in [0.5, 0.6) is 0 Å². The molecule has 0 spiro atoms. The lowest BCUT2D eigenvalue weighted by atomic mass is 10.0. The van der Waals surface area contributed by atoms with Gasteiger partial charge in [-0.2, -0.15) is 0 Å². The fourth-order valence-electron chi connectivity index (χ4n) is 3.85. The number of benzene rings is 1. The van der Waals surface area contributed by atoms with Crippen molar-refractivity contribution in [1.82, 2.24) is 19.8 Å². The number of methoxy groups -OCH3 is 1. The summed E-state index contributed by atoms with van der Waals surface area (Å²) in [6.07, 6.45) is 3.94. The maximum Gasteiger partial charge on any atom is 0.170 e. The fourth-order valence-corrected chi connectivity index (χ4v) is 4.18. The van der Waals surface area contributed by atoms with Crippen LogP contribution in [0.1, 0.15) is 29.0 Å². The Morgan fingerprint density at radius 3 is 2.68 bits per heavy atom. The summed E-state index contributed by atoms with van der Waals surface area (Å²) in [7, 11) is 1.72. The molecule has 1 aromatic carbocycles. The Hall–Kier alpha value is -2.70. The van der Waals surface area contributed by atoms with Crippen LogP contribution in [0.25, 0.3) is 5.69 Å². The molecule has 0 amide bonds. The predicted octanol–water partition coefficient (Wildman–Crippen LogP) is 3.80. The third-order valence-electron chi connectivity index (χ3n) is 5.19. The molecule has 1 fully saturated rings. The minimum Gasteiger partial charge on any atom is -0.383 e.